The van der Waals surface area contributed by atoms with Gasteiger partial charge in [-0.1, -0.05) is 125 Å². The largest absolute Gasteiger partial charge is 0.456 e. The Morgan fingerprint density at radius 1 is 0.441 bits per heavy atom. The fourth-order valence-corrected chi connectivity index (χ4v) is 11.3. The van der Waals surface area contributed by atoms with Crippen molar-refractivity contribution in [2.45, 2.75) is 38.5 Å². The highest BCUT2D eigenvalue weighted by atomic mass is 16.3. The molecule has 0 fully saturated rings. The molecule has 0 N–H and O–H groups in total. The summed E-state index contributed by atoms with van der Waals surface area (Å²) >= 11 is 0. The van der Waals surface area contributed by atoms with Crippen LogP contribution in [-0.4, -0.2) is 9.13 Å². The molecule has 4 heteroatoms. The number of rotatable bonds is 2. The Morgan fingerprint density at radius 3 is 1.71 bits per heavy atom. The number of hydrogen-bond donors (Lipinski definition) is 0. The molecule has 2 aliphatic rings. The van der Waals surface area contributed by atoms with Crippen LogP contribution in [0.3, 0.4) is 0 Å². The second kappa shape index (κ2) is 11.1. The Kier molecular flexibility index (Phi) is 6.16. The second-order valence-corrected chi connectivity index (χ2v) is 17.6. The van der Waals surface area contributed by atoms with Crippen LogP contribution in [-0.2, 0) is 10.8 Å². The first kappa shape index (κ1) is 32.9. The Balaban J connectivity index is 1.14. The van der Waals surface area contributed by atoms with Crippen molar-refractivity contribution in [1.29, 1.82) is 0 Å². The summed E-state index contributed by atoms with van der Waals surface area (Å²) < 4.78 is 11.2. The van der Waals surface area contributed by atoms with Crippen molar-refractivity contribution in [3.8, 4) is 33.6 Å². The third kappa shape index (κ3) is 4.01. The lowest BCUT2D eigenvalue weighted by atomic mass is 9.76. The van der Waals surface area contributed by atoms with Crippen LogP contribution in [0.25, 0.3) is 99.2 Å². The zero-order chi connectivity index (χ0) is 39.5. The maximum atomic E-state index is 13.5. The van der Waals surface area contributed by atoms with Gasteiger partial charge >= 0.3 is 0 Å². The minimum Gasteiger partial charge on any atom is -0.456 e. The van der Waals surface area contributed by atoms with Crippen LogP contribution < -0.4 is 5.43 Å². The van der Waals surface area contributed by atoms with Gasteiger partial charge in [0.05, 0.1) is 32.8 Å². The van der Waals surface area contributed by atoms with Crippen LogP contribution in [0.1, 0.15) is 49.9 Å². The number of benzene rings is 8. The van der Waals surface area contributed by atoms with Crippen LogP contribution in [0.4, 0.5) is 0 Å². The molecule has 0 saturated carbocycles. The number of aromatic nitrogens is 2. The molecule has 4 nitrogen and oxygen atoms in total. The molecule has 59 heavy (non-hydrogen) atoms. The number of fused-ring (bicyclic) bond motifs is 17. The molecule has 0 amide bonds. The summed E-state index contributed by atoms with van der Waals surface area (Å²) in [5, 5.41) is 6.14. The zero-order valence-corrected chi connectivity index (χ0v) is 33.2. The summed E-state index contributed by atoms with van der Waals surface area (Å²) in [6.45, 7) is 9.68. The monoisotopic (exact) mass is 758 g/mol. The zero-order valence-electron chi connectivity index (χ0n) is 33.2. The molecule has 280 valence electrons. The molecule has 0 radical (unpaired) electrons. The normalized spacial score (nSPS) is 14.8. The van der Waals surface area contributed by atoms with Gasteiger partial charge in [-0.25, -0.2) is 0 Å². The number of hydrogen-bond acceptors (Lipinski definition) is 2. The fourth-order valence-electron chi connectivity index (χ4n) is 11.3. The highest BCUT2D eigenvalue weighted by Gasteiger charge is 2.47. The molecular weight excluding hydrogens is 721 g/mol. The van der Waals surface area contributed by atoms with Gasteiger partial charge in [-0.3, -0.25) is 4.79 Å². The lowest BCUT2D eigenvalue weighted by molar-refractivity contribution is 0.658. The SMILES string of the molecule is CC1(C)c2ccccc2-c2c3c(c4c(c21)c1ccccc1n4-c1ccc2c(c1)c1ccccc1n2-c1ccc2c(=O)c4ccccc4oc2c1)C(C)(C)c1ccccc1-3. The van der Waals surface area contributed by atoms with E-state index in [4.69, 9.17) is 4.42 Å². The van der Waals surface area contributed by atoms with Gasteiger partial charge in [0.1, 0.15) is 11.2 Å². The predicted molar refractivity (Wildman–Crippen MR) is 244 cm³/mol. The molecule has 0 bridgehead atoms. The number of nitrogens with zero attached hydrogens (tertiary/aromatic N) is 2. The topological polar surface area (TPSA) is 40.1 Å². The first-order valence-corrected chi connectivity index (χ1v) is 20.6. The lowest BCUT2D eigenvalue weighted by Crippen LogP contribution is -2.19. The van der Waals surface area contributed by atoms with E-state index in [1.165, 1.54) is 71.7 Å². The molecule has 0 saturated heterocycles. The van der Waals surface area contributed by atoms with E-state index < -0.39 is 0 Å². The van der Waals surface area contributed by atoms with E-state index in [9.17, 15) is 4.79 Å². The van der Waals surface area contributed by atoms with E-state index in [-0.39, 0.29) is 16.3 Å². The second-order valence-electron chi connectivity index (χ2n) is 17.6. The Morgan fingerprint density at radius 2 is 0.966 bits per heavy atom. The standard InChI is InChI=1S/C55H38N2O2/c1-54(2)40-20-10-5-16-34(40)47-48-35-17-6-11-21-41(35)55(3,4)51(48)52-49(50(47)54)36-18-8-13-23-43(36)57(52)31-26-28-44-39(29-31)33-15-7-12-22-42(33)56(44)32-25-27-38-46(30-32)59-45-24-14-9-19-37(45)53(38)58/h5-30H,1-4H3. The summed E-state index contributed by atoms with van der Waals surface area (Å²) in [4.78, 5) is 13.5. The van der Waals surface area contributed by atoms with Gasteiger partial charge in [0, 0.05) is 49.8 Å². The smallest absolute Gasteiger partial charge is 0.200 e. The van der Waals surface area contributed by atoms with E-state index in [0.717, 1.165) is 27.8 Å². The van der Waals surface area contributed by atoms with Gasteiger partial charge in [0.2, 0.25) is 5.43 Å². The van der Waals surface area contributed by atoms with Crippen molar-refractivity contribution in [1.82, 2.24) is 9.13 Å². The summed E-state index contributed by atoms with van der Waals surface area (Å²) in [6, 6.07) is 56.3. The molecule has 11 aromatic rings. The molecule has 3 heterocycles. The van der Waals surface area contributed by atoms with Crippen LogP contribution >= 0.6 is 0 Å². The van der Waals surface area contributed by atoms with Crippen LogP contribution in [0.15, 0.2) is 167 Å². The minimum absolute atomic E-state index is 0.0119. The third-order valence-corrected chi connectivity index (χ3v) is 13.8. The molecule has 13 rings (SSSR count). The van der Waals surface area contributed by atoms with Crippen molar-refractivity contribution in [2.75, 3.05) is 0 Å². The summed E-state index contributed by atoms with van der Waals surface area (Å²) in [6.07, 6.45) is 0. The molecule has 8 aromatic carbocycles. The molecular formula is C55H38N2O2. The Labute approximate surface area is 340 Å². The highest BCUT2D eigenvalue weighted by Crippen LogP contribution is 2.63. The van der Waals surface area contributed by atoms with E-state index in [2.05, 4.69) is 152 Å². The summed E-state index contributed by atoms with van der Waals surface area (Å²) in [7, 11) is 0. The fraction of sp³-hybridized carbons (Fsp3) is 0.109. The quantitative estimate of drug-likeness (QED) is 0.165. The van der Waals surface area contributed by atoms with Gasteiger partial charge in [0.25, 0.3) is 0 Å². The maximum Gasteiger partial charge on any atom is 0.200 e. The van der Waals surface area contributed by atoms with Crippen LogP contribution in [0.5, 0.6) is 0 Å². The average molecular weight is 759 g/mol. The first-order chi connectivity index (χ1) is 28.7. The van der Waals surface area contributed by atoms with Crippen molar-refractivity contribution in [3.63, 3.8) is 0 Å². The summed E-state index contributed by atoms with van der Waals surface area (Å²) in [5.41, 5.74) is 18.5. The molecule has 0 aliphatic heterocycles. The molecule has 0 spiro atoms. The Hall–Kier alpha value is -7.17. The average Bonchev–Trinajstić information content (AvgIpc) is 3.92. The van der Waals surface area contributed by atoms with Gasteiger partial charge in [-0.05, 0) is 99.1 Å². The molecule has 3 aromatic heterocycles. The van der Waals surface area contributed by atoms with E-state index in [0.29, 0.717) is 21.9 Å². The summed E-state index contributed by atoms with van der Waals surface area (Å²) in [5.74, 6) is 0. The predicted octanol–water partition coefficient (Wildman–Crippen LogP) is 13.8. The van der Waals surface area contributed by atoms with E-state index in [1.54, 1.807) is 0 Å². The maximum absolute atomic E-state index is 13.5. The minimum atomic E-state index is -0.246. The van der Waals surface area contributed by atoms with Gasteiger partial charge in [-0.2, -0.15) is 0 Å². The van der Waals surface area contributed by atoms with E-state index in [1.807, 2.05) is 42.5 Å². The van der Waals surface area contributed by atoms with Crippen molar-refractivity contribution < 1.29 is 4.42 Å². The Bertz CT molecular complexity index is 3760. The van der Waals surface area contributed by atoms with E-state index >= 15 is 0 Å². The van der Waals surface area contributed by atoms with Gasteiger partial charge < -0.3 is 13.6 Å². The van der Waals surface area contributed by atoms with Crippen molar-refractivity contribution >= 4 is 65.6 Å². The lowest BCUT2D eigenvalue weighted by Gasteiger charge is -2.27. The molecule has 2 aliphatic carbocycles. The van der Waals surface area contributed by atoms with Crippen molar-refractivity contribution in [3.05, 3.63) is 190 Å². The van der Waals surface area contributed by atoms with Crippen LogP contribution in [0, 0.1) is 0 Å². The number of para-hydroxylation sites is 3. The van der Waals surface area contributed by atoms with Gasteiger partial charge in [0.15, 0.2) is 0 Å². The third-order valence-electron chi connectivity index (χ3n) is 13.8. The molecule has 0 atom stereocenters. The highest BCUT2D eigenvalue weighted by molar-refractivity contribution is 6.20. The van der Waals surface area contributed by atoms with Crippen molar-refractivity contribution in [2.24, 2.45) is 0 Å². The first-order valence-electron chi connectivity index (χ1n) is 20.6. The van der Waals surface area contributed by atoms with Crippen LogP contribution in [0.2, 0.25) is 0 Å². The molecule has 0 unspecified atom stereocenters. The van der Waals surface area contributed by atoms with Gasteiger partial charge in [-0.15, -0.1) is 0 Å².